The molecule has 0 fully saturated rings. The van der Waals surface area contributed by atoms with Gasteiger partial charge < -0.3 is 14.9 Å². The largest absolute Gasteiger partial charge is 0.507 e. The standard InChI is InChI=1S/C14H12O4/c1-18-9-6-7-10(12(8-9)14(16)17)11-4-2-3-5-13(11)15/h2-8,15H,1H3,(H,16,17). The average molecular weight is 244 g/mol. The van der Waals surface area contributed by atoms with Crippen LogP contribution in [0.1, 0.15) is 10.4 Å². The van der Waals surface area contributed by atoms with E-state index in [0.717, 1.165) is 0 Å². The van der Waals surface area contributed by atoms with Crippen LogP contribution in [0.15, 0.2) is 42.5 Å². The predicted molar refractivity (Wildman–Crippen MR) is 67.1 cm³/mol. The monoisotopic (exact) mass is 244 g/mol. The van der Waals surface area contributed by atoms with Crippen LogP contribution >= 0.6 is 0 Å². The molecule has 2 rings (SSSR count). The van der Waals surface area contributed by atoms with Gasteiger partial charge in [-0.05, 0) is 24.3 Å². The maximum absolute atomic E-state index is 11.2. The molecule has 2 aromatic carbocycles. The number of carbonyl (C=O) groups is 1. The summed E-state index contributed by atoms with van der Waals surface area (Å²) in [7, 11) is 1.47. The molecule has 0 unspecified atom stereocenters. The number of phenolic OH excluding ortho intramolecular Hbond substituents is 1. The maximum atomic E-state index is 11.2. The van der Waals surface area contributed by atoms with Gasteiger partial charge in [0.05, 0.1) is 12.7 Å². The van der Waals surface area contributed by atoms with Crippen LogP contribution < -0.4 is 4.74 Å². The Morgan fingerprint density at radius 1 is 1.11 bits per heavy atom. The van der Waals surface area contributed by atoms with Gasteiger partial charge in [0.25, 0.3) is 0 Å². The zero-order valence-electron chi connectivity index (χ0n) is 9.75. The van der Waals surface area contributed by atoms with Crippen LogP contribution in [0.4, 0.5) is 0 Å². The minimum atomic E-state index is -1.06. The first-order valence-electron chi connectivity index (χ1n) is 5.33. The van der Waals surface area contributed by atoms with Gasteiger partial charge in [0, 0.05) is 11.1 Å². The zero-order chi connectivity index (χ0) is 13.1. The van der Waals surface area contributed by atoms with Crippen LogP contribution in [0.3, 0.4) is 0 Å². The Morgan fingerprint density at radius 2 is 1.83 bits per heavy atom. The van der Waals surface area contributed by atoms with E-state index >= 15 is 0 Å². The van der Waals surface area contributed by atoms with Crippen LogP contribution in [0.5, 0.6) is 11.5 Å². The number of hydrogen-bond acceptors (Lipinski definition) is 3. The number of aromatic carboxylic acids is 1. The first-order valence-corrected chi connectivity index (χ1v) is 5.33. The van der Waals surface area contributed by atoms with E-state index in [1.807, 2.05) is 0 Å². The highest BCUT2D eigenvalue weighted by Gasteiger charge is 2.15. The molecule has 0 aliphatic carbocycles. The summed E-state index contributed by atoms with van der Waals surface area (Å²) in [6.07, 6.45) is 0. The van der Waals surface area contributed by atoms with Gasteiger partial charge in [0.2, 0.25) is 0 Å². The van der Waals surface area contributed by atoms with Crippen molar-refractivity contribution in [3.8, 4) is 22.6 Å². The second-order valence-electron chi connectivity index (χ2n) is 3.73. The topological polar surface area (TPSA) is 66.8 Å². The van der Waals surface area contributed by atoms with Crippen molar-refractivity contribution < 1.29 is 19.7 Å². The first-order chi connectivity index (χ1) is 8.63. The number of benzene rings is 2. The summed E-state index contributed by atoms with van der Waals surface area (Å²) in [4.78, 5) is 11.2. The van der Waals surface area contributed by atoms with Gasteiger partial charge in [-0.3, -0.25) is 0 Å². The fourth-order valence-corrected chi connectivity index (χ4v) is 1.76. The summed E-state index contributed by atoms with van der Waals surface area (Å²) in [5.41, 5.74) is 1.04. The Labute approximate surface area is 104 Å². The van der Waals surface area contributed by atoms with Crippen molar-refractivity contribution in [2.75, 3.05) is 7.11 Å². The molecular formula is C14H12O4. The summed E-state index contributed by atoms with van der Waals surface area (Å²) in [6.45, 7) is 0. The molecule has 4 heteroatoms. The molecule has 18 heavy (non-hydrogen) atoms. The van der Waals surface area contributed by atoms with Crippen LogP contribution in [-0.4, -0.2) is 23.3 Å². The molecule has 0 aliphatic rings. The Morgan fingerprint density at radius 3 is 2.44 bits per heavy atom. The fourth-order valence-electron chi connectivity index (χ4n) is 1.76. The smallest absolute Gasteiger partial charge is 0.336 e. The van der Waals surface area contributed by atoms with Crippen molar-refractivity contribution in [2.24, 2.45) is 0 Å². The minimum absolute atomic E-state index is 0.0465. The predicted octanol–water partition coefficient (Wildman–Crippen LogP) is 2.77. The Kier molecular flexibility index (Phi) is 3.19. The van der Waals surface area contributed by atoms with Gasteiger partial charge in [0.1, 0.15) is 11.5 Å². The van der Waals surface area contributed by atoms with Crippen LogP contribution in [0.25, 0.3) is 11.1 Å². The molecule has 0 heterocycles. The van der Waals surface area contributed by atoms with Crippen molar-refractivity contribution in [3.63, 3.8) is 0 Å². The van der Waals surface area contributed by atoms with E-state index in [1.54, 1.807) is 30.3 Å². The molecule has 92 valence electrons. The van der Waals surface area contributed by atoms with E-state index < -0.39 is 5.97 Å². The van der Waals surface area contributed by atoms with Gasteiger partial charge in [-0.15, -0.1) is 0 Å². The maximum Gasteiger partial charge on any atom is 0.336 e. The molecule has 0 bridgehead atoms. The molecule has 4 nitrogen and oxygen atoms in total. The van der Waals surface area contributed by atoms with Crippen LogP contribution in [0.2, 0.25) is 0 Å². The van der Waals surface area contributed by atoms with E-state index in [1.165, 1.54) is 19.2 Å². The third-order valence-corrected chi connectivity index (χ3v) is 2.65. The SMILES string of the molecule is COc1ccc(-c2ccccc2O)c(C(=O)O)c1. The number of ether oxygens (including phenoxy) is 1. The highest BCUT2D eigenvalue weighted by molar-refractivity contribution is 5.97. The molecule has 0 radical (unpaired) electrons. The van der Waals surface area contributed by atoms with E-state index in [0.29, 0.717) is 16.9 Å². The van der Waals surface area contributed by atoms with Gasteiger partial charge in [-0.25, -0.2) is 4.79 Å². The Hall–Kier alpha value is -2.49. The average Bonchev–Trinajstić information content (AvgIpc) is 2.38. The Balaban J connectivity index is 2.64. The first kappa shape index (κ1) is 12.0. The fraction of sp³-hybridized carbons (Fsp3) is 0.0714. The van der Waals surface area contributed by atoms with Gasteiger partial charge in [-0.2, -0.15) is 0 Å². The van der Waals surface area contributed by atoms with Crippen molar-refractivity contribution in [1.82, 2.24) is 0 Å². The Bertz CT molecular complexity index is 590. The quantitative estimate of drug-likeness (QED) is 0.871. The van der Waals surface area contributed by atoms with Crippen molar-refractivity contribution in [1.29, 1.82) is 0 Å². The molecular weight excluding hydrogens is 232 g/mol. The molecule has 0 aliphatic heterocycles. The number of hydrogen-bond donors (Lipinski definition) is 2. The lowest BCUT2D eigenvalue weighted by atomic mass is 9.98. The number of para-hydroxylation sites is 1. The number of carboxylic acids is 1. The van der Waals surface area contributed by atoms with Gasteiger partial charge in [0.15, 0.2) is 0 Å². The van der Waals surface area contributed by atoms with Crippen LogP contribution in [0, 0.1) is 0 Å². The third-order valence-electron chi connectivity index (χ3n) is 2.65. The third kappa shape index (κ3) is 2.13. The molecule has 2 N–H and O–H groups in total. The second-order valence-corrected chi connectivity index (χ2v) is 3.73. The number of carboxylic acid groups (broad SMARTS) is 1. The van der Waals surface area contributed by atoms with Crippen molar-refractivity contribution >= 4 is 5.97 Å². The number of phenols is 1. The van der Waals surface area contributed by atoms with E-state index in [4.69, 9.17) is 4.74 Å². The van der Waals surface area contributed by atoms with E-state index in [-0.39, 0.29) is 11.3 Å². The molecule has 0 aromatic heterocycles. The summed E-state index contributed by atoms with van der Waals surface area (Å²) in [5.74, 6) is -0.552. The highest BCUT2D eigenvalue weighted by Crippen LogP contribution is 2.33. The number of methoxy groups -OCH3 is 1. The summed E-state index contributed by atoms with van der Waals surface area (Å²) in [5, 5.41) is 19.0. The zero-order valence-corrected chi connectivity index (χ0v) is 9.75. The van der Waals surface area contributed by atoms with Crippen LogP contribution in [-0.2, 0) is 0 Å². The molecule has 2 aromatic rings. The summed E-state index contributed by atoms with van der Waals surface area (Å²) >= 11 is 0. The lowest BCUT2D eigenvalue weighted by Crippen LogP contribution is -2.00. The normalized spacial score (nSPS) is 10.1. The summed E-state index contributed by atoms with van der Waals surface area (Å²) in [6, 6.07) is 11.3. The molecule has 0 saturated heterocycles. The van der Waals surface area contributed by atoms with Gasteiger partial charge >= 0.3 is 5.97 Å². The van der Waals surface area contributed by atoms with Gasteiger partial charge in [-0.1, -0.05) is 18.2 Å². The lowest BCUT2D eigenvalue weighted by molar-refractivity contribution is 0.0697. The lowest BCUT2D eigenvalue weighted by Gasteiger charge is -2.09. The van der Waals surface area contributed by atoms with Crippen molar-refractivity contribution in [3.05, 3.63) is 48.0 Å². The number of aromatic hydroxyl groups is 1. The number of rotatable bonds is 3. The minimum Gasteiger partial charge on any atom is -0.507 e. The molecule has 0 atom stereocenters. The second kappa shape index (κ2) is 4.79. The molecule has 0 amide bonds. The molecule has 0 spiro atoms. The van der Waals surface area contributed by atoms with E-state index in [2.05, 4.69) is 0 Å². The summed E-state index contributed by atoms with van der Waals surface area (Å²) < 4.78 is 5.00. The highest BCUT2D eigenvalue weighted by atomic mass is 16.5. The van der Waals surface area contributed by atoms with Crippen molar-refractivity contribution in [2.45, 2.75) is 0 Å². The van der Waals surface area contributed by atoms with E-state index in [9.17, 15) is 15.0 Å². The molecule has 0 saturated carbocycles.